The molecule has 2 rings (SSSR count). The molecule has 0 aliphatic heterocycles. The van der Waals surface area contributed by atoms with Crippen LogP contribution in [0.4, 0.5) is 11.8 Å². The Morgan fingerprint density at radius 1 is 1.33 bits per heavy atom. The summed E-state index contributed by atoms with van der Waals surface area (Å²) in [4.78, 5) is 12.3. The summed E-state index contributed by atoms with van der Waals surface area (Å²) in [6.45, 7) is 0. The molecule has 2 heterocycles. The second-order valence-corrected chi connectivity index (χ2v) is 3.17. The fourth-order valence-corrected chi connectivity index (χ4v) is 1.27. The van der Waals surface area contributed by atoms with Crippen molar-refractivity contribution < 1.29 is 0 Å². The second-order valence-electron chi connectivity index (χ2n) is 3.17. The van der Waals surface area contributed by atoms with Gasteiger partial charge in [0, 0.05) is 26.4 Å². The summed E-state index contributed by atoms with van der Waals surface area (Å²) in [5.74, 6) is 0.922. The number of aromatic nitrogens is 4. The standard InChI is InChI=1S/C9H12N6/c1-11-8-3-6(13-9(10)14-8)7-4-15(2)5-12-7/h3-5H,1-2H3,(H3,10,11,13,14). The highest BCUT2D eigenvalue weighted by atomic mass is 15.1. The van der Waals surface area contributed by atoms with Crippen molar-refractivity contribution in [1.29, 1.82) is 0 Å². The first-order chi connectivity index (χ1) is 7.19. The summed E-state index contributed by atoms with van der Waals surface area (Å²) in [5.41, 5.74) is 7.08. The van der Waals surface area contributed by atoms with Crippen molar-refractivity contribution in [1.82, 2.24) is 19.5 Å². The molecular formula is C9H12N6. The number of nitrogen functional groups attached to an aromatic ring is 1. The lowest BCUT2D eigenvalue weighted by atomic mass is 10.3. The van der Waals surface area contributed by atoms with E-state index in [-0.39, 0.29) is 5.95 Å². The number of aryl methyl sites for hydroxylation is 1. The van der Waals surface area contributed by atoms with Gasteiger partial charge in [-0.1, -0.05) is 0 Å². The lowest BCUT2D eigenvalue weighted by Gasteiger charge is -2.02. The van der Waals surface area contributed by atoms with E-state index in [0.717, 1.165) is 5.69 Å². The molecule has 0 aromatic carbocycles. The highest BCUT2D eigenvalue weighted by molar-refractivity contribution is 5.59. The molecule has 0 aliphatic rings. The van der Waals surface area contributed by atoms with Gasteiger partial charge in [-0.15, -0.1) is 0 Å². The van der Waals surface area contributed by atoms with Gasteiger partial charge >= 0.3 is 0 Å². The molecule has 3 N–H and O–H groups in total. The zero-order valence-electron chi connectivity index (χ0n) is 8.60. The number of hydrogen-bond acceptors (Lipinski definition) is 5. The normalized spacial score (nSPS) is 10.3. The Morgan fingerprint density at radius 3 is 2.73 bits per heavy atom. The minimum atomic E-state index is 0.238. The van der Waals surface area contributed by atoms with Gasteiger partial charge in [-0.2, -0.15) is 4.98 Å². The molecule has 0 aliphatic carbocycles. The van der Waals surface area contributed by atoms with Crippen molar-refractivity contribution in [2.45, 2.75) is 0 Å². The first-order valence-electron chi connectivity index (χ1n) is 4.49. The monoisotopic (exact) mass is 204 g/mol. The smallest absolute Gasteiger partial charge is 0.222 e. The molecule has 0 spiro atoms. The van der Waals surface area contributed by atoms with Crippen molar-refractivity contribution >= 4 is 11.8 Å². The van der Waals surface area contributed by atoms with Crippen molar-refractivity contribution in [3.05, 3.63) is 18.6 Å². The Hall–Kier alpha value is -2.11. The number of hydrogen-bond donors (Lipinski definition) is 2. The average molecular weight is 204 g/mol. The molecule has 2 aromatic heterocycles. The number of anilines is 2. The van der Waals surface area contributed by atoms with Crippen LogP contribution in [0.3, 0.4) is 0 Å². The molecule has 0 saturated heterocycles. The molecule has 0 fully saturated rings. The van der Waals surface area contributed by atoms with E-state index in [1.54, 1.807) is 19.4 Å². The van der Waals surface area contributed by atoms with E-state index in [9.17, 15) is 0 Å². The van der Waals surface area contributed by atoms with Crippen molar-refractivity contribution in [2.24, 2.45) is 7.05 Å². The first kappa shape index (κ1) is 9.45. The largest absolute Gasteiger partial charge is 0.373 e. The average Bonchev–Trinajstić information content (AvgIpc) is 2.64. The van der Waals surface area contributed by atoms with Gasteiger partial charge in [-0.25, -0.2) is 9.97 Å². The third-order valence-electron chi connectivity index (χ3n) is 1.97. The summed E-state index contributed by atoms with van der Waals surface area (Å²) < 4.78 is 1.85. The van der Waals surface area contributed by atoms with E-state index in [2.05, 4.69) is 20.3 Å². The molecular weight excluding hydrogens is 192 g/mol. The Morgan fingerprint density at radius 2 is 2.13 bits per heavy atom. The first-order valence-corrected chi connectivity index (χ1v) is 4.49. The maximum Gasteiger partial charge on any atom is 0.222 e. The number of imidazole rings is 1. The van der Waals surface area contributed by atoms with Gasteiger partial charge in [-0.3, -0.25) is 0 Å². The molecule has 0 unspecified atom stereocenters. The van der Waals surface area contributed by atoms with Crippen molar-refractivity contribution in [2.75, 3.05) is 18.1 Å². The van der Waals surface area contributed by atoms with E-state index >= 15 is 0 Å². The van der Waals surface area contributed by atoms with Crippen LogP contribution in [0, 0.1) is 0 Å². The summed E-state index contributed by atoms with van der Waals surface area (Å²) >= 11 is 0. The van der Waals surface area contributed by atoms with E-state index in [1.807, 2.05) is 17.8 Å². The van der Waals surface area contributed by atoms with Gasteiger partial charge in [0.1, 0.15) is 11.5 Å². The van der Waals surface area contributed by atoms with E-state index in [4.69, 9.17) is 5.73 Å². The van der Waals surface area contributed by atoms with Gasteiger partial charge in [0.15, 0.2) is 0 Å². The third-order valence-corrected chi connectivity index (χ3v) is 1.97. The minimum absolute atomic E-state index is 0.238. The Kier molecular flexibility index (Phi) is 2.24. The maximum atomic E-state index is 5.58. The van der Waals surface area contributed by atoms with Crippen LogP contribution >= 0.6 is 0 Å². The molecule has 78 valence electrons. The van der Waals surface area contributed by atoms with Crippen LogP contribution < -0.4 is 11.1 Å². The van der Waals surface area contributed by atoms with Gasteiger partial charge in [0.2, 0.25) is 5.95 Å². The Labute approximate surface area is 87.2 Å². The van der Waals surface area contributed by atoms with E-state index in [1.165, 1.54) is 0 Å². The highest BCUT2D eigenvalue weighted by Gasteiger charge is 2.06. The van der Waals surface area contributed by atoms with Gasteiger partial charge in [0.05, 0.1) is 12.0 Å². The molecule has 15 heavy (non-hydrogen) atoms. The predicted octanol–water partition coefficient (Wildman–Crippen LogP) is 0.501. The van der Waals surface area contributed by atoms with Crippen LogP contribution in [0.25, 0.3) is 11.4 Å². The lowest BCUT2D eigenvalue weighted by Crippen LogP contribution is -2.01. The predicted molar refractivity (Wildman–Crippen MR) is 58.2 cm³/mol. The fourth-order valence-electron chi connectivity index (χ4n) is 1.27. The molecule has 6 heteroatoms. The zero-order valence-corrected chi connectivity index (χ0v) is 8.60. The Bertz CT molecular complexity index is 475. The zero-order chi connectivity index (χ0) is 10.8. The topological polar surface area (TPSA) is 81.7 Å². The van der Waals surface area contributed by atoms with Crippen LogP contribution in [0.2, 0.25) is 0 Å². The van der Waals surface area contributed by atoms with Crippen LogP contribution in [0.15, 0.2) is 18.6 Å². The van der Waals surface area contributed by atoms with Gasteiger partial charge in [0.25, 0.3) is 0 Å². The van der Waals surface area contributed by atoms with Crippen molar-refractivity contribution in [3.8, 4) is 11.4 Å². The van der Waals surface area contributed by atoms with E-state index < -0.39 is 0 Å². The van der Waals surface area contributed by atoms with Gasteiger partial charge in [-0.05, 0) is 0 Å². The molecule has 6 nitrogen and oxygen atoms in total. The van der Waals surface area contributed by atoms with Crippen LogP contribution in [-0.2, 0) is 7.05 Å². The molecule has 0 bridgehead atoms. The second kappa shape index (κ2) is 3.56. The summed E-state index contributed by atoms with van der Waals surface area (Å²) in [6, 6.07) is 1.80. The summed E-state index contributed by atoms with van der Waals surface area (Å²) in [7, 11) is 3.68. The Balaban J connectivity index is 2.48. The van der Waals surface area contributed by atoms with Crippen LogP contribution in [0.5, 0.6) is 0 Å². The SMILES string of the molecule is CNc1cc(-c2cn(C)cn2)nc(N)n1. The number of nitrogens with zero attached hydrogens (tertiary/aromatic N) is 4. The van der Waals surface area contributed by atoms with Gasteiger partial charge < -0.3 is 15.6 Å². The van der Waals surface area contributed by atoms with Crippen LogP contribution in [-0.4, -0.2) is 26.6 Å². The summed E-state index contributed by atoms with van der Waals surface area (Å²) in [6.07, 6.45) is 3.59. The molecule has 0 atom stereocenters. The van der Waals surface area contributed by atoms with Crippen molar-refractivity contribution in [3.63, 3.8) is 0 Å². The van der Waals surface area contributed by atoms with E-state index in [0.29, 0.717) is 11.5 Å². The highest BCUT2D eigenvalue weighted by Crippen LogP contribution is 2.17. The summed E-state index contributed by atoms with van der Waals surface area (Å²) in [5, 5.41) is 2.92. The molecule has 0 saturated carbocycles. The van der Waals surface area contributed by atoms with Crippen LogP contribution in [0.1, 0.15) is 0 Å². The number of nitrogens with one attached hydrogen (secondary N) is 1. The molecule has 0 radical (unpaired) electrons. The minimum Gasteiger partial charge on any atom is -0.373 e. The number of rotatable bonds is 2. The maximum absolute atomic E-state index is 5.58. The molecule has 2 aromatic rings. The quantitative estimate of drug-likeness (QED) is 0.744. The lowest BCUT2D eigenvalue weighted by molar-refractivity contribution is 0.913. The fraction of sp³-hybridized carbons (Fsp3) is 0.222. The third kappa shape index (κ3) is 1.88. The molecule has 0 amide bonds. The number of nitrogens with two attached hydrogens (primary N) is 1.